The van der Waals surface area contributed by atoms with Crippen LogP contribution in [0.4, 0.5) is 22.7 Å². The molecule has 0 N–H and O–H groups in total. The Labute approximate surface area is 393 Å². The maximum atomic E-state index is 9.51. The quantitative estimate of drug-likeness (QED) is 0.142. The minimum Gasteiger partial charge on any atom is -0.509 e. The van der Waals surface area contributed by atoms with Crippen LogP contribution in [0, 0.1) is 18.8 Å². The second-order valence-electron chi connectivity index (χ2n) is 16.7. The number of para-hydroxylation sites is 3. The van der Waals surface area contributed by atoms with Gasteiger partial charge < -0.3 is 19.1 Å². The van der Waals surface area contributed by atoms with Crippen LogP contribution < -0.4 is 14.5 Å². The number of fused-ring (bicyclic) bond motifs is 4. The Bertz CT molecular complexity index is 3410. The fraction of sp³-hybridized carbons (Fsp3) is 0.0690. The van der Waals surface area contributed by atoms with Crippen molar-refractivity contribution in [2.75, 3.05) is 9.80 Å². The molecule has 6 heteroatoms. The third-order valence-corrected chi connectivity index (χ3v) is 11.6. The van der Waals surface area contributed by atoms with Gasteiger partial charge in [0.1, 0.15) is 5.82 Å². The normalized spacial score (nSPS) is 13.0. The Kier molecular flexibility index (Phi) is 9.82. The predicted octanol–water partition coefficient (Wildman–Crippen LogP) is 15.3. The van der Waals surface area contributed by atoms with Crippen LogP contribution in [0.1, 0.15) is 30.4 Å². The van der Waals surface area contributed by atoms with Crippen LogP contribution in [0.5, 0.6) is 11.5 Å². The Morgan fingerprint density at radius 1 is 0.578 bits per heavy atom. The van der Waals surface area contributed by atoms with E-state index < -0.39 is 5.41 Å². The minimum absolute atomic E-state index is 0. The molecule has 10 aromatic rings. The number of nitrogens with zero attached hydrogens (tertiary/aromatic N) is 4. The molecule has 0 amide bonds. The van der Waals surface area contributed by atoms with E-state index in [0.29, 0.717) is 22.6 Å². The van der Waals surface area contributed by atoms with E-state index in [0.717, 1.165) is 72.4 Å². The molecule has 0 saturated heterocycles. The second kappa shape index (κ2) is 16.8. The van der Waals surface area contributed by atoms with Gasteiger partial charge in [-0.1, -0.05) is 160 Å². The van der Waals surface area contributed by atoms with Crippen LogP contribution in [-0.2, 0) is 26.5 Å². The minimum atomic E-state index is -0.575. The van der Waals surface area contributed by atoms with Crippen molar-refractivity contribution in [1.29, 1.82) is 0 Å². The fourth-order valence-corrected chi connectivity index (χ4v) is 8.64. The molecule has 11 rings (SSSR count). The van der Waals surface area contributed by atoms with Crippen molar-refractivity contribution in [2.24, 2.45) is 0 Å². The molecule has 0 radical (unpaired) electrons. The smallest absolute Gasteiger partial charge is 0.135 e. The zero-order chi connectivity index (χ0) is 45.1. The largest absolute Gasteiger partial charge is 0.509 e. The fourth-order valence-electron chi connectivity index (χ4n) is 8.64. The number of aromatic nitrogens is 2. The Hall–Kier alpha value is -7.20. The van der Waals surface area contributed by atoms with Crippen LogP contribution in [0.2, 0.25) is 0 Å². The van der Waals surface area contributed by atoms with Gasteiger partial charge in [-0.3, -0.25) is 0 Å². The van der Waals surface area contributed by atoms with E-state index in [1.807, 2.05) is 98.1 Å². The molecule has 0 unspecified atom stereocenters. The number of pyridine rings is 1. The molecule has 0 spiro atoms. The van der Waals surface area contributed by atoms with Crippen molar-refractivity contribution in [3.8, 4) is 50.7 Å². The third kappa shape index (κ3) is 7.36. The van der Waals surface area contributed by atoms with Crippen molar-refractivity contribution in [1.82, 2.24) is 9.55 Å². The molecule has 0 fully saturated rings. The number of hydrogen-bond donors (Lipinski definition) is 0. The topological polar surface area (TPSA) is 33.5 Å². The molecule has 0 bridgehead atoms. The van der Waals surface area contributed by atoms with Crippen LogP contribution >= 0.6 is 0 Å². The molecule has 5 nitrogen and oxygen atoms in total. The maximum Gasteiger partial charge on any atom is 0.135 e. The Morgan fingerprint density at radius 3 is 1.80 bits per heavy atom. The molecular weight excluding hydrogens is 964 g/mol. The molecule has 3 heterocycles. The van der Waals surface area contributed by atoms with Gasteiger partial charge in [0, 0.05) is 72.4 Å². The first kappa shape index (κ1) is 37.4. The molecule has 64 heavy (non-hydrogen) atoms. The molecule has 0 atom stereocenters. The van der Waals surface area contributed by atoms with Crippen molar-refractivity contribution < 1.29 is 29.9 Å². The number of anilines is 4. The summed E-state index contributed by atoms with van der Waals surface area (Å²) in [6.07, 6.45) is -0.183. The molecular formula is C58H43N4OPt-3. The van der Waals surface area contributed by atoms with Gasteiger partial charge in [0.05, 0.1) is 4.11 Å². The first-order valence-corrected chi connectivity index (χ1v) is 21.1. The summed E-state index contributed by atoms with van der Waals surface area (Å²) in [7, 11) is 0. The Balaban J connectivity index is 0.00000525. The van der Waals surface area contributed by atoms with Gasteiger partial charge in [-0.05, 0) is 68.9 Å². The van der Waals surface area contributed by atoms with E-state index in [9.17, 15) is 1.37 Å². The SMILES string of the molecule is [2H]c1nc(-n2c3[c-]c(Oc4[c-]c(N5[CH-]N(c6c(-c7ccccc7)cccc6-c6ccccc6)c6ccccc65)ccc4)ccc3c3c(-c4ccccc4)cccc32)c([2H])c(C(C)(C)C)c1[2H].[Pt]. The van der Waals surface area contributed by atoms with E-state index in [1.54, 1.807) is 0 Å². The monoisotopic (exact) mass is 1010 g/mol. The third-order valence-electron chi connectivity index (χ3n) is 11.6. The first-order valence-electron chi connectivity index (χ1n) is 22.6. The number of ether oxygens (including phenoxy) is 1. The van der Waals surface area contributed by atoms with Gasteiger partial charge in [-0.15, -0.1) is 48.1 Å². The van der Waals surface area contributed by atoms with Gasteiger partial charge in [0.15, 0.2) is 0 Å². The molecule has 314 valence electrons. The molecule has 1 aliphatic rings. The van der Waals surface area contributed by atoms with Crippen molar-refractivity contribution in [3.05, 3.63) is 225 Å². The number of benzene rings is 8. The zero-order valence-corrected chi connectivity index (χ0v) is 37.7. The van der Waals surface area contributed by atoms with Gasteiger partial charge in [-0.2, -0.15) is 12.1 Å². The average Bonchev–Trinajstić information content (AvgIpc) is 3.89. The van der Waals surface area contributed by atoms with E-state index >= 15 is 0 Å². The summed E-state index contributed by atoms with van der Waals surface area (Å²) in [6, 6.07) is 69.3. The summed E-state index contributed by atoms with van der Waals surface area (Å²) in [5.74, 6) is 1.21. The number of rotatable bonds is 8. The van der Waals surface area contributed by atoms with Gasteiger partial charge in [0.25, 0.3) is 0 Å². The van der Waals surface area contributed by atoms with E-state index in [1.165, 1.54) is 0 Å². The van der Waals surface area contributed by atoms with Crippen LogP contribution in [0.3, 0.4) is 0 Å². The maximum absolute atomic E-state index is 9.51. The van der Waals surface area contributed by atoms with Crippen LogP contribution in [0.25, 0.3) is 61.0 Å². The second-order valence-corrected chi connectivity index (χ2v) is 16.7. The van der Waals surface area contributed by atoms with E-state index in [4.69, 9.17) is 7.48 Å². The average molecular weight is 1010 g/mol. The van der Waals surface area contributed by atoms with Gasteiger partial charge in [-0.25, -0.2) is 4.98 Å². The molecule has 0 aliphatic carbocycles. The first-order chi connectivity index (χ1) is 32.1. The van der Waals surface area contributed by atoms with Crippen LogP contribution in [0.15, 0.2) is 200 Å². The molecule has 0 saturated carbocycles. The summed E-state index contributed by atoms with van der Waals surface area (Å²) in [5, 5.41) is 1.86. The molecule has 1 aliphatic heterocycles. The van der Waals surface area contributed by atoms with Gasteiger partial charge >= 0.3 is 0 Å². The van der Waals surface area contributed by atoms with E-state index in [2.05, 4.69) is 143 Å². The van der Waals surface area contributed by atoms with Crippen molar-refractivity contribution >= 4 is 44.6 Å². The van der Waals surface area contributed by atoms with Gasteiger partial charge in [0.2, 0.25) is 0 Å². The molecule has 2 aromatic heterocycles. The van der Waals surface area contributed by atoms with Crippen LogP contribution in [-0.4, -0.2) is 9.55 Å². The van der Waals surface area contributed by atoms with E-state index in [-0.39, 0.29) is 45.1 Å². The summed E-state index contributed by atoms with van der Waals surface area (Å²) in [4.78, 5) is 9.06. The number of hydrogen-bond acceptors (Lipinski definition) is 4. The zero-order valence-electron chi connectivity index (χ0n) is 38.4. The summed E-state index contributed by atoms with van der Waals surface area (Å²) < 4.78 is 35.7. The summed E-state index contributed by atoms with van der Waals surface area (Å²) >= 11 is 0. The van der Waals surface area contributed by atoms with Crippen molar-refractivity contribution in [2.45, 2.75) is 26.2 Å². The standard InChI is InChI=1S/C58H43N4O.Pt/c1-58(2,3)43-34-35-59-55(36-43)62-53-31-17-26-47(40-18-7-4-8-19-40)56(53)50-33-32-46(38-54(50)62)63-45-25-15-24-44(37-45)60-39-61(52-30-14-13-29-51(52)60)57-48(41-20-9-5-10-21-41)27-16-28-49(57)42-22-11-6-12-23-42;/h4-36,39H,1-3H3;/q-3;/i34D,35D,36D;. The summed E-state index contributed by atoms with van der Waals surface area (Å²) in [5.41, 5.74) is 11.8. The molecule has 8 aromatic carbocycles. The van der Waals surface area contributed by atoms with Crippen molar-refractivity contribution in [3.63, 3.8) is 0 Å². The predicted molar refractivity (Wildman–Crippen MR) is 259 cm³/mol. The summed E-state index contributed by atoms with van der Waals surface area (Å²) in [6.45, 7) is 8.03. The Morgan fingerprint density at radius 2 is 1.14 bits per heavy atom.